The highest BCUT2D eigenvalue weighted by atomic mass is 32.3. The first kappa shape index (κ1) is 6.85. The Morgan fingerprint density at radius 1 is 1.78 bits per heavy atom. The second-order valence-corrected chi connectivity index (χ2v) is 4.37. The topological polar surface area (TPSA) is 61.4 Å². The molecule has 3 N–H and O–H groups in total. The molecule has 0 spiro atoms. The second-order valence-electron chi connectivity index (χ2n) is 2.18. The summed E-state index contributed by atoms with van der Waals surface area (Å²) in [6, 6.07) is -0.255. The first-order valence-electron chi connectivity index (χ1n) is 2.61. The lowest BCUT2D eigenvalue weighted by molar-refractivity contribution is -0.119. The van der Waals surface area contributed by atoms with Crippen molar-refractivity contribution in [2.24, 2.45) is 0 Å². The molecule has 9 heavy (non-hydrogen) atoms. The van der Waals surface area contributed by atoms with Gasteiger partial charge in [-0.15, -0.1) is 0 Å². The molecule has 0 aromatic heterocycles. The smallest absolute Gasteiger partial charge is 0.248 e. The van der Waals surface area contributed by atoms with Gasteiger partial charge in [-0.05, 0) is 17.6 Å². The summed E-state index contributed by atoms with van der Waals surface area (Å²) < 4.78 is 14.3. The average Bonchev–Trinajstić information content (AvgIpc) is 1.79. The number of carbonyl (C=O) groups is 1. The summed E-state index contributed by atoms with van der Waals surface area (Å²) in [6.45, 7) is 1.71. The maximum absolute atomic E-state index is 10.7. The minimum absolute atomic E-state index is 0.130. The zero-order valence-corrected chi connectivity index (χ0v) is 6.16. The molecule has 1 aliphatic rings. The van der Waals surface area contributed by atoms with Crippen molar-refractivity contribution in [3.63, 3.8) is 0 Å². The van der Waals surface area contributed by atoms with E-state index in [0.717, 1.165) is 0 Å². The van der Waals surface area contributed by atoms with Gasteiger partial charge < -0.3 is 4.55 Å². The molecule has 1 rings (SSSR count). The molecule has 0 saturated carbocycles. The zero-order valence-electron chi connectivity index (χ0n) is 5.34. The van der Waals surface area contributed by atoms with Gasteiger partial charge in [-0.1, -0.05) is 0 Å². The first-order chi connectivity index (χ1) is 4.01. The van der Waals surface area contributed by atoms with E-state index in [4.69, 9.17) is 0 Å². The van der Waals surface area contributed by atoms with Crippen LogP contribution in [0.25, 0.3) is 0 Å². The lowest BCUT2D eigenvalue weighted by Crippen LogP contribution is -2.23. The molecule has 5 heteroatoms. The fraction of sp³-hybridized carbons (Fsp3) is 0.750. The van der Waals surface area contributed by atoms with E-state index in [1.165, 1.54) is 0 Å². The number of carbonyl (C=O) groups excluding carboxylic acids is 1. The molecule has 1 fully saturated rings. The Morgan fingerprint density at radius 3 is 2.44 bits per heavy atom. The van der Waals surface area contributed by atoms with Crippen LogP contribution in [0.3, 0.4) is 0 Å². The molecule has 2 unspecified atom stereocenters. The van der Waals surface area contributed by atoms with E-state index in [1.54, 1.807) is 13.2 Å². The largest absolute Gasteiger partial charge is 0.321 e. The number of hydrogen-bond donors (Lipinski definition) is 3. The lowest BCUT2D eigenvalue weighted by Gasteiger charge is -2.21. The van der Waals surface area contributed by atoms with Crippen molar-refractivity contribution in [1.82, 2.24) is 9.44 Å². The third-order valence-corrected chi connectivity index (χ3v) is 2.51. The lowest BCUT2D eigenvalue weighted by atomic mass is 10.4. The van der Waals surface area contributed by atoms with Crippen LogP contribution in [0, 0.1) is 0 Å². The van der Waals surface area contributed by atoms with Gasteiger partial charge in [0.15, 0.2) is 0 Å². The highest BCUT2D eigenvalue weighted by Crippen LogP contribution is 2.33. The van der Waals surface area contributed by atoms with Gasteiger partial charge >= 0.3 is 0 Å². The summed E-state index contributed by atoms with van der Waals surface area (Å²) in [4.78, 5) is 10.7. The van der Waals surface area contributed by atoms with Crippen LogP contribution >= 0.6 is 10.7 Å². The van der Waals surface area contributed by atoms with Crippen LogP contribution in [0.1, 0.15) is 6.92 Å². The van der Waals surface area contributed by atoms with Crippen LogP contribution in [0.4, 0.5) is 0 Å². The number of hydrogen-bond acceptors (Lipinski definition) is 3. The van der Waals surface area contributed by atoms with E-state index in [1.807, 2.05) is 0 Å². The van der Waals surface area contributed by atoms with Gasteiger partial charge in [0.05, 0.1) is 6.04 Å². The van der Waals surface area contributed by atoms with Crippen LogP contribution < -0.4 is 9.44 Å². The van der Waals surface area contributed by atoms with Gasteiger partial charge in [-0.25, -0.2) is 4.72 Å². The Hall–Kier alpha value is -0.260. The van der Waals surface area contributed by atoms with Crippen molar-refractivity contribution in [3.8, 4) is 0 Å². The summed E-state index contributed by atoms with van der Waals surface area (Å²) in [5.41, 5.74) is 0. The summed E-state index contributed by atoms with van der Waals surface area (Å²) >= 11 is 0. The normalized spacial score (nSPS) is 50.1. The summed E-state index contributed by atoms with van der Waals surface area (Å²) in [6.07, 6.45) is 1.58. The molecule has 0 aromatic carbocycles. The Labute approximate surface area is 55.4 Å². The predicted molar refractivity (Wildman–Crippen MR) is 36.9 cm³/mol. The molecule has 4 nitrogen and oxygen atoms in total. The Bertz CT molecular complexity index is 148. The van der Waals surface area contributed by atoms with E-state index in [2.05, 4.69) is 9.44 Å². The predicted octanol–water partition coefficient (Wildman–Crippen LogP) is -0.168. The fourth-order valence-electron chi connectivity index (χ4n) is 0.711. The van der Waals surface area contributed by atoms with Crippen LogP contribution in [-0.2, 0) is 4.79 Å². The second kappa shape index (κ2) is 1.86. The maximum atomic E-state index is 10.7. The van der Waals surface area contributed by atoms with Gasteiger partial charge in [0.1, 0.15) is 0 Å². The van der Waals surface area contributed by atoms with Gasteiger partial charge in [-0.2, -0.15) is 0 Å². The molecule has 0 bridgehead atoms. The van der Waals surface area contributed by atoms with Crippen molar-refractivity contribution in [2.45, 2.75) is 13.0 Å². The molecule has 0 aliphatic carbocycles. The highest BCUT2D eigenvalue weighted by molar-refractivity contribution is 8.26. The molecule has 0 radical (unpaired) electrons. The van der Waals surface area contributed by atoms with Gasteiger partial charge in [0.25, 0.3) is 0 Å². The first-order valence-corrected chi connectivity index (χ1v) is 4.61. The van der Waals surface area contributed by atoms with Crippen molar-refractivity contribution < 1.29 is 9.35 Å². The quantitative estimate of drug-likeness (QED) is 0.449. The van der Waals surface area contributed by atoms with E-state index < -0.39 is 10.7 Å². The standard InChI is InChI=1S/C4H10N2O2S/c1-3-4(7)6-9(2,8)5-3/h3,5,8H,1-2H3,(H,6,7). The number of rotatable bonds is 0. The summed E-state index contributed by atoms with van der Waals surface area (Å²) in [5.74, 6) is -0.130. The third kappa shape index (κ3) is 1.35. The number of amides is 1. The van der Waals surface area contributed by atoms with E-state index in [-0.39, 0.29) is 11.9 Å². The SMILES string of the molecule is CC1NS(C)(O)NC1=O. The molecule has 1 aliphatic heterocycles. The maximum Gasteiger partial charge on any atom is 0.248 e. The molecule has 54 valence electrons. The highest BCUT2D eigenvalue weighted by Gasteiger charge is 2.31. The minimum atomic E-state index is -1.99. The Kier molecular flexibility index (Phi) is 1.42. The van der Waals surface area contributed by atoms with Crippen molar-refractivity contribution >= 4 is 16.6 Å². The monoisotopic (exact) mass is 150 g/mol. The van der Waals surface area contributed by atoms with Gasteiger partial charge in [0.2, 0.25) is 5.91 Å². The number of nitrogens with one attached hydrogen (secondary N) is 2. The minimum Gasteiger partial charge on any atom is -0.321 e. The molecule has 1 saturated heterocycles. The molecule has 2 atom stereocenters. The van der Waals surface area contributed by atoms with Crippen LogP contribution in [0.2, 0.25) is 0 Å². The van der Waals surface area contributed by atoms with Crippen LogP contribution in [-0.4, -0.2) is 22.8 Å². The molecular weight excluding hydrogens is 140 g/mol. The third-order valence-electron chi connectivity index (χ3n) is 1.10. The van der Waals surface area contributed by atoms with Gasteiger partial charge in [0, 0.05) is 6.26 Å². The van der Waals surface area contributed by atoms with E-state index in [0.29, 0.717) is 0 Å². The fourth-order valence-corrected chi connectivity index (χ4v) is 2.13. The van der Waals surface area contributed by atoms with Crippen molar-refractivity contribution in [2.75, 3.05) is 6.26 Å². The average molecular weight is 150 g/mol. The molecular formula is C4H10N2O2S. The molecule has 1 amide bonds. The van der Waals surface area contributed by atoms with Gasteiger partial charge in [-0.3, -0.25) is 9.52 Å². The van der Waals surface area contributed by atoms with Crippen LogP contribution in [0.15, 0.2) is 0 Å². The van der Waals surface area contributed by atoms with E-state index in [9.17, 15) is 9.35 Å². The Morgan fingerprint density at radius 2 is 2.33 bits per heavy atom. The van der Waals surface area contributed by atoms with Crippen LogP contribution in [0.5, 0.6) is 0 Å². The molecule has 1 heterocycles. The zero-order chi connectivity index (χ0) is 7.07. The van der Waals surface area contributed by atoms with E-state index >= 15 is 0 Å². The van der Waals surface area contributed by atoms with Crippen molar-refractivity contribution in [3.05, 3.63) is 0 Å². The Balaban J connectivity index is 2.65. The molecule has 0 aromatic rings. The van der Waals surface area contributed by atoms with Crippen molar-refractivity contribution in [1.29, 1.82) is 0 Å². The summed E-state index contributed by atoms with van der Waals surface area (Å²) in [7, 11) is -1.99. The summed E-state index contributed by atoms with van der Waals surface area (Å²) in [5, 5.41) is 0.